The Morgan fingerprint density at radius 3 is 2.50 bits per heavy atom. The van der Waals surface area contributed by atoms with Gasteiger partial charge in [0.15, 0.2) is 11.6 Å². The summed E-state index contributed by atoms with van der Waals surface area (Å²) in [4.78, 5) is 8.16. The van der Waals surface area contributed by atoms with E-state index in [1.54, 1.807) is 4.57 Å². The van der Waals surface area contributed by atoms with Gasteiger partial charge >= 0.3 is 0 Å². The van der Waals surface area contributed by atoms with Crippen LogP contribution in [0.2, 0.25) is 5.02 Å². The van der Waals surface area contributed by atoms with E-state index in [-0.39, 0.29) is 17.8 Å². The molecule has 1 N–H and O–H groups in total. The first-order valence-electron chi connectivity index (χ1n) is 9.40. The number of halogens is 1. The molecule has 30 heavy (non-hydrogen) atoms. The molecule has 0 radical (unpaired) electrons. The summed E-state index contributed by atoms with van der Waals surface area (Å²) in [6.07, 6.45) is 1.44. The van der Waals surface area contributed by atoms with E-state index in [9.17, 15) is 8.42 Å². The summed E-state index contributed by atoms with van der Waals surface area (Å²) < 4.78 is 46.9. The zero-order valence-corrected chi connectivity index (χ0v) is 18.7. The number of nitrogens with zero attached hydrogens (tertiary/aromatic N) is 5. The highest BCUT2D eigenvalue weighted by Crippen LogP contribution is 2.28. The first-order valence-corrected chi connectivity index (χ1v) is 11.3. The number of methoxy groups -OCH3 is 1. The van der Waals surface area contributed by atoms with Gasteiger partial charge < -0.3 is 14.2 Å². The first kappa shape index (κ1) is 22.8. The van der Waals surface area contributed by atoms with Gasteiger partial charge in [-0.1, -0.05) is 11.6 Å². The van der Waals surface area contributed by atoms with E-state index < -0.39 is 27.5 Å². The summed E-state index contributed by atoms with van der Waals surface area (Å²) in [6, 6.07) is -0.119. The first-order chi connectivity index (χ1) is 14.2. The summed E-state index contributed by atoms with van der Waals surface area (Å²) in [5, 5.41) is 7.51. The third-order valence-corrected chi connectivity index (χ3v) is 6.53. The molecule has 0 spiro atoms. The molecule has 0 aliphatic carbocycles. The minimum atomic E-state index is -3.94. The van der Waals surface area contributed by atoms with Crippen LogP contribution in [0.5, 0.6) is 0 Å². The fourth-order valence-corrected chi connectivity index (χ4v) is 4.33. The molecule has 2 unspecified atom stereocenters. The molecule has 166 valence electrons. The van der Waals surface area contributed by atoms with Crippen molar-refractivity contribution in [3.05, 3.63) is 29.1 Å². The molecule has 1 aliphatic rings. The normalized spacial score (nSPS) is 19.6. The topological polar surface area (TPSA) is 130 Å². The molecule has 1 fully saturated rings. The van der Waals surface area contributed by atoms with E-state index in [0.717, 1.165) is 0 Å². The van der Waals surface area contributed by atoms with Gasteiger partial charge in [-0.15, -0.1) is 10.2 Å². The van der Waals surface area contributed by atoms with Gasteiger partial charge in [0, 0.05) is 25.5 Å². The molecule has 3 heterocycles. The molecule has 3 atom stereocenters. The van der Waals surface area contributed by atoms with Crippen LogP contribution in [0.15, 0.2) is 12.4 Å². The Balaban J connectivity index is 1.86. The molecular formula is C17H25ClN6O5S. The van der Waals surface area contributed by atoms with Crippen LogP contribution >= 0.6 is 11.6 Å². The third-order valence-electron chi connectivity index (χ3n) is 4.64. The summed E-state index contributed by atoms with van der Waals surface area (Å²) in [5.41, 5.74) is 0. The maximum Gasteiger partial charge on any atom is 0.240 e. The highest BCUT2D eigenvalue weighted by Gasteiger charge is 2.35. The van der Waals surface area contributed by atoms with Crippen LogP contribution in [-0.2, 0) is 24.2 Å². The lowest BCUT2D eigenvalue weighted by Gasteiger charge is -2.25. The van der Waals surface area contributed by atoms with Crippen molar-refractivity contribution in [2.75, 3.05) is 31.7 Å². The van der Waals surface area contributed by atoms with Gasteiger partial charge in [-0.25, -0.2) is 18.4 Å². The van der Waals surface area contributed by atoms with E-state index in [1.165, 1.54) is 26.4 Å². The van der Waals surface area contributed by atoms with Gasteiger partial charge in [-0.3, -0.25) is 9.29 Å². The van der Waals surface area contributed by atoms with Crippen LogP contribution in [0.3, 0.4) is 0 Å². The Morgan fingerprint density at radius 2 is 1.93 bits per heavy atom. The molecule has 2 aromatic heterocycles. The molecular weight excluding hydrogens is 436 g/mol. The molecule has 0 amide bonds. The van der Waals surface area contributed by atoms with Crippen molar-refractivity contribution in [3.63, 3.8) is 0 Å². The molecule has 1 aliphatic heterocycles. The fourth-order valence-electron chi connectivity index (χ4n) is 3.10. The van der Waals surface area contributed by atoms with Crippen LogP contribution in [0.4, 0.5) is 5.95 Å². The summed E-state index contributed by atoms with van der Waals surface area (Å²) in [7, 11) is -2.55. The highest BCUT2D eigenvalue weighted by molar-refractivity contribution is 7.93. The molecule has 0 bridgehead atoms. The van der Waals surface area contributed by atoms with Crippen LogP contribution in [0.1, 0.15) is 50.7 Å². The van der Waals surface area contributed by atoms with Gasteiger partial charge in [0.05, 0.1) is 24.8 Å². The van der Waals surface area contributed by atoms with Gasteiger partial charge in [0.2, 0.25) is 16.0 Å². The predicted octanol–water partition coefficient (Wildman–Crippen LogP) is 1.91. The smallest absolute Gasteiger partial charge is 0.240 e. The quantitative estimate of drug-likeness (QED) is 0.627. The van der Waals surface area contributed by atoms with Crippen LogP contribution in [0, 0.1) is 0 Å². The zero-order chi connectivity index (χ0) is 21.9. The minimum Gasteiger partial charge on any atom is -0.376 e. The van der Waals surface area contributed by atoms with E-state index >= 15 is 0 Å². The Hall–Kier alpha value is -1.86. The van der Waals surface area contributed by atoms with Crippen LogP contribution < -0.4 is 4.72 Å². The number of ether oxygens (including phenoxy) is 3. The summed E-state index contributed by atoms with van der Waals surface area (Å²) in [6.45, 7) is 6.57. The summed E-state index contributed by atoms with van der Waals surface area (Å²) >= 11 is 5.82. The van der Waals surface area contributed by atoms with Crippen molar-refractivity contribution in [2.24, 2.45) is 0 Å². The van der Waals surface area contributed by atoms with Gasteiger partial charge in [-0.05, 0) is 20.8 Å². The zero-order valence-electron chi connectivity index (χ0n) is 17.1. The number of hydrogen-bond donors (Lipinski definition) is 1. The molecule has 3 rings (SSSR count). The second-order valence-electron chi connectivity index (χ2n) is 7.05. The third kappa shape index (κ3) is 4.89. The number of anilines is 1. The van der Waals surface area contributed by atoms with E-state index in [0.29, 0.717) is 30.7 Å². The standard InChI is InChI=1S/C17H25ClN6O5S/c1-10(2)24-16(13-9-28-5-6-29-13)21-22-17(24)23-30(25,26)11(3)14(27-4)15-19-7-12(18)8-20-15/h7-8,10-11,13-14H,5-6,9H2,1-4H3,(H,22,23)/t11?,13-,14?/m0/s1. The lowest BCUT2D eigenvalue weighted by atomic mass is 10.2. The lowest BCUT2D eigenvalue weighted by Crippen LogP contribution is -2.34. The maximum absolute atomic E-state index is 13.1. The molecule has 2 aromatic rings. The van der Waals surface area contributed by atoms with Gasteiger partial charge in [-0.2, -0.15) is 0 Å². The highest BCUT2D eigenvalue weighted by atomic mass is 35.5. The number of rotatable bonds is 8. The van der Waals surface area contributed by atoms with E-state index in [2.05, 4.69) is 24.9 Å². The fraction of sp³-hybridized carbons (Fsp3) is 0.647. The Kier molecular flexibility index (Phi) is 7.24. The van der Waals surface area contributed by atoms with Gasteiger partial charge in [0.1, 0.15) is 17.5 Å². The lowest BCUT2D eigenvalue weighted by molar-refractivity contribution is -0.0950. The number of hydrogen-bond acceptors (Lipinski definition) is 9. The van der Waals surface area contributed by atoms with Crippen molar-refractivity contribution in [3.8, 4) is 0 Å². The largest absolute Gasteiger partial charge is 0.376 e. The van der Waals surface area contributed by atoms with Crippen molar-refractivity contribution in [2.45, 2.75) is 44.3 Å². The summed E-state index contributed by atoms with van der Waals surface area (Å²) in [5.74, 6) is 0.797. The molecule has 11 nitrogen and oxygen atoms in total. The number of sulfonamides is 1. The minimum absolute atomic E-state index is 0.0906. The van der Waals surface area contributed by atoms with Crippen LogP contribution in [0.25, 0.3) is 0 Å². The average Bonchev–Trinajstić information content (AvgIpc) is 3.13. The Labute approximate surface area is 180 Å². The van der Waals surface area contributed by atoms with Crippen molar-refractivity contribution >= 4 is 27.6 Å². The monoisotopic (exact) mass is 460 g/mol. The second-order valence-corrected chi connectivity index (χ2v) is 9.52. The average molecular weight is 461 g/mol. The molecule has 13 heteroatoms. The SMILES string of the molecule is COC(c1ncc(Cl)cn1)C(C)S(=O)(=O)Nc1nnc([C@@H]2COCCO2)n1C(C)C. The van der Waals surface area contributed by atoms with Crippen molar-refractivity contribution < 1.29 is 22.6 Å². The maximum atomic E-state index is 13.1. The van der Waals surface area contributed by atoms with E-state index in [4.69, 9.17) is 25.8 Å². The molecule has 1 saturated heterocycles. The Bertz CT molecular complexity index is 946. The van der Waals surface area contributed by atoms with E-state index in [1.807, 2.05) is 13.8 Å². The number of aromatic nitrogens is 5. The second kappa shape index (κ2) is 9.52. The van der Waals surface area contributed by atoms with Crippen molar-refractivity contribution in [1.29, 1.82) is 0 Å². The Morgan fingerprint density at radius 1 is 1.23 bits per heavy atom. The number of nitrogens with one attached hydrogen (secondary N) is 1. The molecule has 0 saturated carbocycles. The molecule has 0 aromatic carbocycles. The predicted molar refractivity (Wildman–Crippen MR) is 109 cm³/mol. The van der Waals surface area contributed by atoms with Crippen molar-refractivity contribution in [1.82, 2.24) is 24.7 Å². The van der Waals surface area contributed by atoms with Gasteiger partial charge in [0.25, 0.3) is 0 Å². The van der Waals surface area contributed by atoms with Crippen LogP contribution in [-0.4, -0.2) is 65.3 Å².